The average Bonchev–Trinajstić information content (AvgIpc) is 2.46. The van der Waals surface area contributed by atoms with Crippen molar-refractivity contribution < 1.29 is 9.18 Å². The van der Waals surface area contributed by atoms with Crippen LogP contribution in [-0.4, -0.2) is 22.4 Å². The highest BCUT2D eigenvalue weighted by Crippen LogP contribution is 2.32. The van der Waals surface area contributed by atoms with Gasteiger partial charge in [-0.05, 0) is 42.7 Å². The summed E-state index contributed by atoms with van der Waals surface area (Å²) in [5.74, 6) is -0.326. The van der Waals surface area contributed by atoms with Gasteiger partial charge in [0.25, 0.3) is 5.91 Å². The lowest BCUT2D eigenvalue weighted by molar-refractivity contribution is 0.0990. The molecule has 0 aliphatic carbocycles. The molecule has 2 N–H and O–H groups in total. The molecule has 3 rings (SSSR count). The molecule has 0 fully saturated rings. The van der Waals surface area contributed by atoms with E-state index in [0.717, 1.165) is 30.6 Å². The molecule has 0 saturated heterocycles. The number of nitrogens with zero attached hydrogens (tertiary/aromatic N) is 3. The molecule has 1 aromatic carbocycles. The highest BCUT2D eigenvalue weighted by atomic mass is 19.1. The number of rotatable bonds is 2. The van der Waals surface area contributed by atoms with Crippen LogP contribution in [0.5, 0.6) is 0 Å². The molecule has 2 heterocycles. The summed E-state index contributed by atoms with van der Waals surface area (Å²) in [4.78, 5) is 21.1. The van der Waals surface area contributed by atoms with E-state index in [1.54, 1.807) is 12.1 Å². The lowest BCUT2D eigenvalue weighted by atomic mass is 10.0. The predicted octanol–water partition coefficient (Wildman–Crippen LogP) is 1.80. The van der Waals surface area contributed by atoms with Crippen molar-refractivity contribution in [3.63, 3.8) is 0 Å². The van der Waals surface area contributed by atoms with Gasteiger partial charge in [0.2, 0.25) is 5.82 Å². The zero-order valence-electron chi connectivity index (χ0n) is 10.7. The minimum atomic E-state index is -0.664. The Hall–Kier alpha value is -2.50. The Bertz CT molecular complexity index is 674. The molecular formula is C14H13FN4O. The third kappa shape index (κ3) is 2.20. The molecule has 0 atom stereocenters. The number of benzene rings is 1. The molecule has 0 unspecified atom stereocenters. The summed E-state index contributed by atoms with van der Waals surface area (Å²) >= 11 is 0. The second kappa shape index (κ2) is 4.88. The Morgan fingerprint density at radius 2 is 2.20 bits per heavy atom. The average molecular weight is 272 g/mol. The molecular weight excluding hydrogens is 259 g/mol. The first-order chi connectivity index (χ1) is 9.65. The first-order valence-corrected chi connectivity index (χ1v) is 6.34. The van der Waals surface area contributed by atoms with E-state index in [1.165, 1.54) is 18.3 Å². The number of hydrogen-bond acceptors (Lipinski definition) is 4. The number of primary amides is 1. The maximum absolute atomic E-state index is 13.3. The van der Waals surface area contributed by atoms with E-state index in [9.17, 15) is 9.18 Å². The Morgan fingerprint density at radius 3 is 3.00 bits per heavy atom. The van der Waals surface area contributed by atoms with Gasteiger partial charge in [-0.25, -0.2) is 14.4 Å². The van der Waals surface area contributed by atoms with Gasteiger partial charge >= 0.3 is 0 Å². The number of aromatic nitrogens is 2. The third-order valence-corrected chi connectivity index (χ3v) is 3.30. The van der Waals surface area contributed by atoms with Crippen LogP contribution in [-0.2, 0) is 6.42 Å². The van der Waals surface area contributed by atoms with E-state index in [-0.39, 0.29) is 11.6 Å². The molecule has 1 aromatic heterocycles. The van der Waals surface area contributed by atoms with Gasteiger partial charge in [0, 0.05) is 18.4 Å². The second-order valence-electron chi connectivity index (χ2n) is 4.63. The van der Waals surface area contributed by atoms with Crippen molar-refractivity contribution in [1.29, 1.82) is 0 Å². The number of anilines is 2. The van der Waals surface area contributed by atoms with Crippen LogP contribution in [0.1, 0.15) is 22.6 Å². The van der Waals surface area contributed by atoms with Gasteiger partial charge in [-0.2, -0.15) is 0 Å². The number of amides is 1. The quantitative estimate of drug-likeness (QED) is 0.904. The first-order valence-electron chi connectivity index (χ1n) is 6.34. The summed E-state index contributed by atoms with van der Waals surface area (Å²) in [5.41, 5.74) is 7.04. The van der Waals surface area contributed by atoms with Gasteiger partial charge in [-0.15, -0.1) is 0 Å². The maximum Gasteiger partial charge on any atom is 0.286 e. The van der Waals surface area contributed by atoms with Gasteiger partial charge in [-0.1, -0.05) is 0 Å². The number of nitrogens with two attached hydrogens (primary N) is 1. The zero-order valence-corrected chi connectivity index (χ0v) is 10.7. The van der Waals surface area contributed by atoms with E-state index in [2.05, 4.69) is 9.97 Å². The standard InChI is InChI=1S/C14H13FN4O/c15-10-3-4-11-9(8-10)2-1-7-19(11)12-5-6-17-14(18-12)13(16)20/h3-6,8H,1-2,7H2,(H2,16,20). The zero-order chi connectivity index (χ0) is 14.1. The van der Waals surface area contributed by atoms with Gasteiger partial charge in [0.05, 0.1) is 0 Å². The summed E-state index contributed by atoms with van der Waals surface area (Å²) in [5, 5.41) is 0. The number of aryl methyl sites for hydroxylation is 1. The van der Waals surface area contributed by atoms with Crippen LogP contribution in [0.4, 0.5) is 15.9 Å². The molecule has 6 heteroatoms. The van der Waals surface area contributed by atoms with Crippen molar-refractivity contribution in [2.24, 2.45) is 5.73 Å². The van der Waals surface area contributed by atoms with Crippen LogP contribution in [0.2, 0.25) is 0 Å². The van der Waals surface area contributed by atoms with Crippen LogP contribution < -0.4 is 10.6 Å². The normalized spacial score (nSPS) is 13.9. The Morgan fingerprint density at radius 1 is 1.35 bits per heavy atom. The fourth-order valence-electron chi connectivity index (χ4n) is 2.42. The minimum Gasteiger partial charge on any atom is -0.363 e. The maximum atomic E-state index is 13.3. The van der Waals surface area contributed by atoms with E-state index in [4.69, 9.17) is 5.73 Å². The SMILES string of the molecule is NC(=O)c1nccc(N2CCCc3cc(F)ccc32)n1. The van der Waals surface area contributed by atoms with Crippen molar-refractivity contribution in [1.82, 2.24) is 9.97 Å². The fourth-order valence-corrected chi connectivity index (χ4v) is 2.42. The molecule has 2 aromatic rings. The molecule has 1 amide bonds. The van der Waals surface area contributed by atoms with Crippen LogP contribution in [0.3, 0.4) is 0 Å². The molecule has 0 bridgehead atoms. The monoisotopic (exact) mass is 272 g/mol. The minimum absolute atomic E-state index is 0.0169. The van der Waals surface area contributed by atoms with E-state index in [0.29, 0.717) is 5.82 Å². The fraction of sp³-hybridized carbons (Fsp3) is 0.214. The van der Waals surface area contributed by atoms with E-state index in [1.807, 2.05) is 4.90 Å². The molecule has 0 spiro atoms. The number of hydrogen-bond donors (Lipinski definition) is 1. The highest BCUT2D eigenvalue weighted by molar-refractivity contribution is 5.89. The summed E-state index contributed by atoms with van der Waals surface area (Å²) in [6.07, 6.45) is 3.23. The molecule has 5 nitrogen and oxygen atoms in total. The van der Waals surface area contributed by atoms with Crippen molar-refractivity contribution in [3.05, 3.63) is 47.7 Å². The van der Waals surface area contributed by atoms with Crippen LogP contribution in [0.25, 0.3) is 0 Å². The summed E-state index contributed by atoms with van der Waals surface area (Å²) in [7, 11) is 0. The summed E-state index contributed by atoms with van der Waals surface area (Å²) < 4.78 is 13.3. The van der Waals surface area contributed by atoms with Crippen LogP contribution in [0.15, 0.2) is 30.5 Å². The smallest absolute Gasteiger partial charge is 0.286 e. The lowest BCUT2D eigenvalue weighted by Crippen LogP contribution is -2.26. The Kier molecular flexibility index (Phi) is 3.06. The van der Waals surface area contributed by atoms with Gasteiger partial charge in [0.1, 0.15) is 11.6 Å². The highest BCUT2D eigenvalue weighted by Gasteiger charge is 2.20. The lowest BCUT2D eigenvalue weighted by Gasteiger charge is -2.30. The summed E-state index contributed by atoms with van der Waals surface area (Å²) in [6.45, 7) is 0.758. The van der Waals surface area contributed by atoms with Crippen LogP contribution >= 0.6 is 0 Å². The van der Waals surface area contributed by atoms with Gasteiger partial charge in [-0.3, -0.25) is 4.79 Å². The topological polar surface area (TPSA) is 72.1 Å². The van der Waals surface area contributed by atoms with Crippen LogP contribution in [0, 0.1) is 5.82 Å². The molecule has 0 radical (unpaired) electrons. The van der Waals surface area contributed by atoms with Crippen molar-refractivity contribution >= 4 is 17.4 Å². The summed E-state index contributed by atoms with van der Waals surface area (Å²) in [6, 6.07) is 6.41. The van der Waals surface area contributed by atoms with Crippen molar-refractivity contribution in [3.8, 4) is 0 Å². The second-order valence-corrected chi connectivity index (χ2v) is 4.63. The molecule has 0 saturated carbocycles. The largest absolute Gasteiger partial charge is 0.363 e. The molecule has 102 valence electrons. The third-order valence-electron chi connectivity index (χ3n) is 3.30. The number of fused-ring (bicyclic) bond motifs is 1. The van der Waals surface area contributed by atoms with E-state index < -0.39 is 5.91 Å². The van der Waals surface area contributed by atoms with Gasteiger partial charge in [0.15, 0.2) is 0 Å². The van der Waals surface area contributed by atoms with Crippen molar-refractivity contribution in [2.45, 2.75) is 12.8 Å². The number of carbonyl (C=O) groups excluding carboxylic acids is 1. The van der Waals surface area contributed by atoms with Gasteiger partial charge < -0.3 is 10.6 Å². The molecule has 20 heavy (non-hydrogen) atoms. The predicted molar refractivity (Wildman–Crippen MR) is 72.3 cm³/mol. The molecule has 1 aliphatic rings. The molecule has 1 aliphatic heterocycles. The van der Waals surface area contributed by atoms with E-state index >= 15 is 0 Å². The first kappa shape index (κ1) is 12.5. The number of halogens is 1. The Balaban J connectivity index is 2.04. The van der Waals surface area contributed by atoms with Crippen molar-refractivity contribution in [2.75, 3.05) is 11.4 Å². The Labute approximate surface area is 115 Å². The number of carbonyl (C=O) groups is 1.